The summed E-state index contributed by atoms with van der Waals surface area (Å²) in [6, 6.07) is 5.16. The molecule has 3 heteroatoms. The van der Waals surface area contributed by atoms with E-state index in [0.29, 0.717) is 6.54 Å². The van der Waals surface area contributed by atoms with Gasteiger partial charge in [0.1, 0.15) is 5.82 Å². The summed E-state index contributed by atoms with van der Waals surface area (Å²) >= 11 is 5.76. The highest BCUT2D eigenvalue weighted by Gasteiger charge is 2.34. The van der Waals surface area contributed by atoms with Crippen molar-refractivity contribution in [3.63, 3.8) is 0 Å². The molecule has 2 N–H and O–H groups in total. The van der Waals surface area contributed by atoms with Crippen LogP contribution in [0.3, 0.4) is 0 Å². The van der Waals surface area contributed by atoms with Gasteiger partial charge in [-0.15, -0.1) is 0 Å². The summed E-state index contributed by atoms with van der Waals surface area (Å²) in [5.41, 5.74) is 7.26. The number of hydrogen-bond acceptors (Lipinski definition) is 1. The lowest BCUT2D eigenvalue weighted by Gasteiger charge is -2.40. The molecule has 0 aliphatic heterocycles. The minimum absolute atomic E-state index is 0.156. The standard InChI is InChI=1S/C18H27ClFN/c1-2-3-4-14-7-9-18(13-21,10-8-14)12-15-5-6-16(19)17(20)11-15/h5-6,11,14H,2-4,7-10,12-13,21H2,1H3. The quantitative estimate of drug-likeness (QED) is 0.753. The molecule has 118 valence electrons. The summed E-state index contributed by atoms with van der Waals surface area (Å²) in [6.07, 6.45) is 9.72. The molecule has 1 nitrogen and oxygen atoms in total. The van der Waals surface area contributed by atoms with Gasteiger partial charge < -0.3 is 5.73 Å². The molecule has 1 saturated carbocycles. The first-order valence-corrected chi connectivity index (χ1v) is 8.60. The van der Waals surface area contributed by atoms with Crippen molar-refractivity contribution < 1.29 is 4.39 Å². The molecule has 1 aromatic carbocycles. The molecular weight excluding hydrogens is 285 g/mol. The fourth-order valence-electron chi connectivity index (χ4n) is 3.61. The van der Waals surface area contributed by atoms with Gasteiger partial charge in [0.25, 0.3) is 0 Å². The minimum atomic E-state index is -0.321. The van der Waals surface area contributed by atoms with Crippen LogP contribution in [0.2, 0.25) is 5.02 Å². The van der Waals surface area contributed by atoms with Gasteiger partial charge in [0.05, 0.1) is 5.02 Å². The number of halogens is 2. The van der Waals surface area contributed by atoms with Crippen molar-refractivity contribution in [2.45, 2.75) is 58.3 Å². The maximum Gasteiger partial charge on any atom is 0.142 e. The van der Waals surface area contributed by atoms with E-state index in [9.17, 15) is 4.39 Å². The number of benzene rings is 1. The summed E-state index contributed by atoms with van der Waals surface area (Å²) in [7, 11) is 0. The largest absolute Gasteiger partial charge is 0.330 e. The number of hydrogen-bond donors (Lipinski definition) is 1. The second-order valence-corrected chi connectivity index (χ2v) is 7.12. The van der Waals surface area contributed by atoms with E-state index in [1.165, 1.54) is 44.9 Å². The van der Waals surface area contributed by atoms with E-state index in [2.05, 4.69) is 6.92 Å². The van der Waals surface area contributed by atoms with E-state index in [1.54, 1.807) is 12.1 Å². The highest BCUT2D eigenvalue weighted by molar-refractivity contribution is 6.30. The third kappa shape index (κ3) is 4.43. The van der Waals surface area contributed by atoms with Gasteiger partial charge in [0, 0.05) is 0 Å². The summed E-state index contributed by atoms with van der Waals surface area (Å²) in [5.74, 6) is 0.546. The predicted octanol–water partition coefficient (Wildman–Crippen LogP) is 5.35. The van der Waals surface area contributed by atoms with Crippen LogP contribution in [0.25, 0.3) is 0 Å². The molecule has 0 radical (unpaired) electrons. The summed E-state index contributed by atoms with van der Waals surface area (Å²) in [5, 5.41) is 0.198. The zero-order valence-electron chi connectivity index (χ0n) is 13.0. The molecule has 1 aromatic rings. The number of rotatable bonds is 6. The lowest BCUT2D eigenvalue weighted by atomic mass is 9.67. The third-order valence-corrected chi connectivity index (χ3v) is 5.43. The summed E-state index contributed by atoms with van der Waals surface area (Å²) in [4.78, 5) is 0. The normalized spacial score (nSPS) is 26.0. The van der Waals surface area contributed by atoms with Crippen molar-refractivity contribution in [3.05, 3.63) is 34.6 Å². The van der Waals surface area contributed by atoms with E-state index in [1.807, 2.05) is 6.07 Å². The van der Waals surface area contributed by atoms with E-state index < -0.39 is 0 Å². The predicted molar refractivity (Wildman–Crippen MR) is 88.1 cm³/mol. The molecule has 0 saturated heterocycles. The Morgan fingerprint density at radius 1 is 1.33 bits per heavy atom. The van der Waals surface area contributed by atoms with Crippen molar-refractivity contribution in [3.8, 4) is 0 Å². The van der Waals surface area contributed by atoms with Crippen LogP contribution in [-0.2, 0) is 6.42 Å². The Kier molecular flexibility index (Phi) is 6.07. The Labute approximate surface area is 133 Å². The molecule has 0 atom stereocenters. The van der Waals surface area contributed by atoms with Crippen molar-refractivity contribution in [1.29, 1.82) is 0 Å². The van der Waals surface area contributed by atoms with Crippen molar-refractivity contribution in [2.75, 3.05) is 6.54 Å². The maximum absolute atomic E-state index is 13.6. The van der Waals surface area contributed by atoms with Crippen LogP contribution in [0, 0.1) is 17.2 Å². The second-order valence-electron chi connectivity index (χ2n) is 6.71. The lowest BCUT2D eigenvalue weighted by Crippen LogP contribution is -2.36. The van der Waals surface area contributed by atoms with Gasteiger partial charge in [-0.2, -0.15) is 0 Å². The van der Waals surface area contributed by atoms with Crippen LogP contribution in [0.15, 0.2) is 18.2 Å². The molecule has 21 heavy (non-hydrogen) atoms. The summed E-state index contributed by atoms with van der Waals surface area (Å²) in [6.45, 7) is 2.94. The van der Waals surface area contributed by atoms with Gasteiger partial charge in [0.2, 0.25) is 0 Å². The van der Waals surface area contributed by atoms with Crippen molar-refractivity contribution in [2.24, 2.45) is 17.1 Å². The monoisotopic (exact) mass is 311 g/mol. The highest BCUT2D eigenvalue weighted by atomic mass is 35.5. The molecular formula is C18H27ClFN. The lowest BCUT2D eigenvalue weighted by molar-refractivity contribution is 0.150. The van der Waals surface area contributed by atoms with Gasteiger partial charge in [0.15, 0.2) is 0 Å². The molecule has 0 spiro atoms. The van der Waals surface area contributed by atoms with Crippen molar-refractivity contribution >= 4 is 11.6 Å². The Bertz CT molecular complexity index is 453. The van der Waals surface area contributed by atoms with Gasteiger partial charge in [-0.25, -0.2) is 4.39 Å². The molecule has 0 bridgehead atoms. The Morgan fingerprint density at radius 2 is 2.05 bits per heavy atom. The topological polar surface area (TPSA) is 26.0 Å². The molecule has 0 unspecified atom stereocenters. The zero-order valence-corrected chi connectivity index (χ0v) is 13.8. The zero-order chi connectivity index (χ0) is 15.3. The van der Waals surface area contributed by atoms with Gasteiger partial charge in [-0.05, 0) is 67.7 Å². The number of unbranched alkanes of at least 4 members (excludes halogenated alkanes) is 1. The van der Waals surface area contributed by atoms with Gasteiger partial charge in [-0.3, -0.25) is 0 Å². The highest BCUT2D eigenvalue weighted by Crippen LogP contribution is 2.42. The van der Waals surface area contributed by atoms with Crippen LogP contribution in [0.5, 0.6) is 0 Å². The molecule has 1 fully saturated rings. The molecule has 2 rings (SSSR count). The average molecular weight is 312 g/mol. The van der Waals surface area contributed by atoms with E-state index in [4.69, 9.17) is 17.3 Å². The van der Waals surface area contributed by atoms with E-state index >= 15 is 0 Å². The number of nitrogens with two attached hydrogens (primary N) is 1. The summed E-state index contributed by atoms with van der Waals surface area (Å²) < 4.78 is 13.6. The smallest absolute Gasteiger partial charge is 0.142 e. The molecule has 1 aliphatic carbocycles. The Hall–Kier alpha value is -0.600. The van der Waals surface area contributed by atoms with Crippen LogP contribution < -0.4 is 5.73 Å². The first kappa shape index (κ1) is 16.8. The van der Waals surface area contributed by atoms with Gasteiger partial charge >= 0.3 is 0 Å². The van der Waals surface area contributed by atoms with E-state index in [0.717, 1.165) is 17.9 Å². The Morgan fingerprint density at radius 3 is 2.62 bits per heavy atom. The molecule has 0 heterocycles. The van der Waals surface area contributed by atoms with Gasteiger partial charge in [-0.1, -0.05) is 43.9 Å². The fraction of sp³-hybridized carbons (Fsp3) is 0.667. The van der Waals surface area contributed by atoms with Crippen LogP contribution >= 0.6 is 11.6 Å². The molecule has 1 aliphatic rings. The van der Waals surface area contributed by atoms with Crippen molar-refractivity contribution in [1.82, 2.24) is 0 Å². The second kappa shape index (κ2) is 7.60. The third-order valence-electron chi connectivity index (χ3n) is 5.13. The molecule has 0 aromatic heterocycles. The Balaban J connectivity index is 1.98. The average Bonchev–Trinajstić information content (AvgIpc) is 2.50. The van der Waals surface area contributed by atoms with Crippen LogP contribution in [0.1, 0.15) is 57.4 Å². The fourth-order valence-corrected chi connectivity index (χ4v) is 3.72. The van der Waals surface area contributed by atoms with E-state index in [-0.39, 0.29) is 16.3 Å². The maximum atomic E-state index is 13.6. The molecule has 0 amide bonds. The SMILES string of the molecule is CCCCC1CCC(CN)(Cc2ccc(Cl)c(F)c2)CC1. The first-order chi connectivity index (χ1) is 10.1. The van der Waals surface area contributed by atoms with Crippen LogP contribution in [0.4, 0.5) is 4.39 Å². The minimum Gasteiger partial charge on any atom is -0.330 e. The van der Waals surface area contributed by atoms with Crippen LogP contribution in [-0.4, -0.2) is 6.54 Å². The first-order valence-electron chi connectivity index (χ1n) is 8.22.